The molecule has 5 heteroatoms. The van der Waals surface area contributed by atoms with E-state index in [1.54, 1.807) is 0 Å². The zero-order valence-electron chi connectivity index (χ0n) is 12.5. The molecule has 0 radical (unpaired) electrons. The summed E-state index contributed by atoms with van der Waals surface area (Å²) in [6.07, 6.45) is 4.32. The fraction of sp³-hybridized carbons (Fsp3) is 0.562. The lowest BCUT2D eigenvalue weighted by Gasteiger charge is -2.15. The molecule has 1 fully saturated rings. The molecule has 2 rings (SSSR count). The van der Waals surface area contributed by atoms with E-state index in [-0.39, 0.29) is 12.5 Å². The Balaban J connectivity index is 1.70. The first-order chi connectivity index (χ1) is 10.3. The summed E-state index contributed by atoms with van der Waals surface area (Å²) >= 11 is 0. The van der Waals surface area contributed by atoms with Crippen molar-refractivity contribution in [1.82, 2.24) is 4.90 Å². The minimum Gasteiger partial charge on any atom is -0.484 e. The SMILES string of the molecule is NCCCCNc1ccc(OCC(=O)N2CCCC2)cc1. The number of amides is 1. The summed E-state index contributed by atoms with van der Waals surface area (Å²) in [7, 11) is 0. The molecule has 0 spiro atoms. The molecular formula is C16H25N3O2. The molecule has 5 nitrogen and oxygen atoms in total. The van der Waals surface area contributed by atoms with Crippen LogP contribution in [0.2, 0.25) is 0 Å². The third-order valence-electron chi connectivity index (χ3n) is 3.64. The van der Waals surface area contributed by atoms with Crippen LogP contribution in [0.1, 0.15) is 25.7 Å². The number of benzene rings is 1. The number of nitrogens with zero attached hydrogens (tertiary/aromatic N) is 1. The summed E-state index contributed by atoms with van der Waals surface area (Å²) in [6, 6.07) is 7.72. The number of carbonyl (C=O) groups excluding carboxylic acids is 1. The Morgan fingerprint density at radius 2 is 1.90 bits per heavy atom. The van der Waals surface area contributed by atoms with Crippen LogP contribution < -0.4 is 15.8 Å². The van der Waals surface area contributed by atoms with E-state index in [1.807, 2.05) is 29.2 Å². The minimum absolute atomic E-state index is 0.0801. The van der Waals surface area contributed by atoms with E-state index in [0.29, 0.717) is 0 Å². The van der Waals surface area contributed by atoms with Gasteiger partial charge in [0, 0.05) is 25.3 Å². The van der Waals surface area contributed by atoms with E-state index in [4.69, 9.17) is 10.5 Å². The van der Waals surface area contributed by atoms with Gasteiger partial charge in [-0.25, -0.2) is 0 Å². The zero-order valence-corrected chi connectivity index (χ0v) is 12.5. The summed E-state index contributed by atoms with van der Waals surface area (Å²) in [4.78, 5) is 13.7. The summed E-state index contributed by atoms with van der Waals surface area (Å²) in [6.45, 7) is 3.52. The van der Waals surface area contributed by atoms with E-state index in [0.717, 1.165) is 63.3 Å². The van der Waals surface area contributed by atoms with Crippen LogP contribution >= 0.6 is 0 Å². The van der Waals surface area contributed by atoms with Gasteiger partial charge < -0.3 is 20.7 Å². The molecule has 3 N–H and O–H groups in total. The number of carbonyl (C=O) groups is 1. The summed E-state index contributed by atoms with van der Waals surface area (Å²) < 4.78 is 5.54. The molecule has 0 aliphatic carbocycles. The third-order valence-corrected chi connectivity index (χ3v) is 3.64. The van der Waals surface area contributed by atoms with Gasteiger partial charge in [-0.15, -0.1) is 0 Å². The predicted molar refractivity (Wildman–Crippen MR) is 84.5 cm³/mol. The highest BCUT2D eigenvalue weighted by atomic mass is 16.5. The first kappa shape index (κ1) is 15.6. The fourth-order valence-electron chi connectivity index (χ4n) is 2.37. The molecule has 1 aliphatic rings. The molecule has 1 aromatic carbocycles. The molecule has 1 amide bonds. The molecule has 1 saturated heterocycles. The Kier molecular flexibility index (Phi) is 6.34. The second-order valence-electron chi connectivity index (χ2n) is 5.32. The Hall–Kier alpha value is -1.75. The van der Waals surface area contributed by atoms with E-state index in [1.165, 1.54) is 0 Å². The second-order valence-corrected chi connectivity index (χ2v) is 5.32. The Morgan fingerprint density at radius 1 is 1.19 bits per heavy atom. The number of ether oxygens (including phenoxy) is 1. The van der Waals surface area contributed by atoms with Crippen molar-refractivity contribution in [3.05, 3.63) is 24.3 Å². The van der Waals surface area contributed by atoms with Gasteiger partial charge in [-0.3, -0.25) is 4.79 Å². The maximum Gasteiger partial charge on any atom is 0.260 e. The molecular weight excluding hydrogens is 266 g/mol. The molecule has 0 aromatic heterocycles. The average Bonchev–Trinajstić information content (AvgIpc) is 3.05. The van der Waals surface area contributed by atoms with Gasteiger partial charge in [0.05, 0.1) is 0 Å². The van der Waals surface area contributed by atoms with Crippen LogP contribution in [0.4, 0.5) is 5.69 Å². The molecule has 116 valence electrons. The molecule has 0 unspecified atom stereocenters. The Bertz CT molecular complexity index is 428. The first-order valence-corrected chi connectivity index (χ1v) is 7.74. The number of hydrogen-bond acceptors (Lipinski definition) is 4. The fourth-order valence-corrected chi connectivity index (χ4v) is 2.37. The van der Waals surface area contributed by atoms with Crippen molar-refractivity contribution in [3.63, 3.8) is 0 Å². The van der Waals surface area contributed by atoms with Crippen molar-refractivity contribution in [3.8, 4) is 5.75 Å². The number of unbranched alkanes of at least 4 members (excludes halogenated alkanes) is 1. The van der Waals surface area contributed by atoms with E-state index in [9.17, 15) is 4.79 Å². The average molecular weight is 291 g/mol. The van der Waals surface area contributed by atoms with Crippen molar-refractivity contribution in [2.45, 2.75) is 25.7 Å². The topological polar surface area (TPSA) is 67.6 Å². The van der Waals surface area contributed by atoms with Gasteiger partial charge in [0.2, 0.25) is 0 Å². The highest BCUT2D eigenvalue weighted by molar-refractivity contribution is 5.78. The number of nitrogens with two attached hydrogens (primary N) is 1. The molecule has 0 atom stereocenters. The lowest BCUT2D eigenvalue weighted by molar-refractivity contribution is -0.132. The van der Waals surface area contributed by atoms with Crippen LogP contribution in [0.15, 0.2) is 24.3 Å². The number of nitrogens with one attached hydrogen (secondary N) is 1. The maximum atomic E-state index is 11.9. The van der Waals surface area contributed by atoms with Crippen LogP contribution in [0.25, 0.3) is 0 Å². The molecule has 1 aliphatic heterocycles. The van der Waals surface area contributed by atoms with Crippen molar-refractivity contribution in [1.29, 1.82) is 0 Å². The smallest absolute Gasteiger partial charge is 0.260 e. The van der Waals surface area contributed by atoms with Crippen LogP contribution in [-0.4, -0.2) is 43.6 Å². The van der Waals surface area contributed by atoms with E-state index < -0.39 is 0 Å². The van der Waals surface area contributed by atoms with Crippen molar-refractivity contribution in [2.24, 2.45) is 5.73 Å². The van der Waals surface area contributed by atoms with Crippen LogP contribution in [0.3, 0.4) is 0 Å². The third kappa shape index (κ3) is 5.27. The quantitative estimate of drug-likeness (QED) is 0.717. The maximum absolute atomic E-state index is 11.9. The molecule has 0 saturated carbocycles. The summed E-state index contributed by atoms with van der Waals surface area (Å²) in [5.74, 6) is 0.812. The van der Waals surface area contributed by atoms with Gasteiger partial charge in [-0.05, 0) is 56.5 Å². The lowest BCUT2D eigenvalue weighted by Crippen LogP contribution is -2.32. The molecule has 1 aromatic rings. The number of anilines is 1. The van der Waals surface area contributed by atoms with Crippen LogP contribution in [0.5, 0.6) is 5.75 Å². The van der Waals surface area contributed by atoms with Crippen LogP contribution in [0, 0.1) is 0 Å². The van der Waals surface area contributed by atoms with Gasteiger partial charge in [-0.1, -0.05) is 0 Å². The zero-order chi connectivity index (χ0) is 14.9. The normalized spacial score (nSPS) is 14.2. The lowest BCUT2D eigenvalue weighted by atomic mass is 10.2. The monoisotopic (exact) mass is 291 g/mol. The standard InChI is InChI=1S/C16H25N3O2/c17-9-1-2-10-18-14-5-7-15(8-6-14)21-13-16(20)19-11-3-4-12-19/h5-8,18H,1-4,9-13,17H2. The Labute approximate surface area is 126 Å². The van der Waals surface area contributed by atoms with Crippen LogP contribution in [-0.2, 0) is 4.79 Å². The highest BCUT2D eigenvalue weighted by Crippen LogP contribution is 2.16. The van der Waals surface area contributed by atoms with E-state index >= 15 is 0 Å². The van der Waals surface area contributed by atoms with E-state index in [2.05, 4.69) is 5.32 Å². The predicted octanol–water partition coefficient (Wildman–Crippen LogP) is 1.84. The van der Waals surface area contributed by atoms with Crippen molar-refractivity contribution >= 4 is 11.6 Å². The molecule has 0 bridgehead atoms. The second kappa shape index (κ2) is 8.52. The molecule has 1 heterocycles. The van der Waals surface area contributed by atoms with Crippen molar-refractivity contribution in [2.75, 3.05) is 38.1 Å². The van der Waals surface area contributed by atoms with Gasteiger partial charge >= 0.3 is 0 Å². The highest BCUT2D eigenvalue weighted by Gasteiger charge is 2.17. The van der Waals surface area contributed by atoms with Gasteiger partial charge in [0.25, 0.3) is 5.91 Å². The van der Waals surface area contributed by atoms with Gasteiger partial charge in [-0.2, -0.15) is 0 Å². The first-order valence-electron chi connectivity index (χ1n) is 7.74. The number of likely N-dealkylation sites (tertiary alicyclic amines) is 1. The van der Waals surface area contributed by atoms with Gasteiger partial charge in [0.1, 0.15) is 5.75 Å². The number of rotatable bonds is 8. The summed E-state index contributed by atoms with van der Waals surface area (Å²) in [5, 5.41) is 3.33. The van der Waals surface area contributed by atoms with Crippen molar-refractivity contribution < 1.29 is 9.53 Å². The minimum atomic E-state index is 0.0801. The number of hydrogen-bond donors (Lipinski definition) is 2. The Morgan fingerprint density at radius 3 is 2.57 bits per heavy atom. The van der Waals surface area contributed by atoms with Gasteiger partial charge in [0.15, 0.2) is 6.61 Å². The molecule has 21 heavy (non-hydrogen) atoms. The summed E-state index contributed by atoms with van der Waals surface area (Å²) in [5.41, 5.74) is 6.52. The largest absolute Gasteiger partial charge is 0.484 e.